The van der Waals surface area contributed by atoms with E-state index in [1.165, 1.54) is 5.56 Å². The van der Waals surface area contributed by atoms with Gasteiger partial charge < -0.3 is 0 Å². The van der Waals surface area contributed by atoms with Crippen LogP contribution in [0.15, 0.2) is 35.3 Å². The van der Waals surface area contributed by atoms with E-state index in [2.05, 4.69) is 17.1 Å². The van der Waals surface area contributed by atoms with Crippen LogP contribution in [0.5, 0.6) is 0 Å². The topological polar surface area (TPSA) is 53.3 Å². The van der Waals surface area contributed by atoms with Gasteiger partial charge in [-0.15, -0.1) is 0 Å². The predicted molar refractivity (Wildman–Crippen MR) is 99.1 cm³/mol. The molecule has 0 aliphatic heterocycles. The van der Waals surface area contributed by atoms with E-state index >= 15 is 0 Å². The molecule has 3 nitrogen and oxygen atoms in total. The lowest BCUT2D eigenvalue weighted by Crippen LogP contribution is -2.29. The summed E-state index contributed by atoms with van der Waals surface area (Å²) in [5.41, 5.74) is 0.161. The highest BCUT2D eigenvalue weighted by atomic mass is 19.1. The van der Waals surface area contributed by atoms with E-state index in [9.17, 15) is 9.18 Å². The number of nitrogens with one attached hydrogen (secondary N) is 1. The van der Waals surface area contributed by atoms with Crippen LogP contribution in [0.2, 0.25) is 0 Å². The number of halogens is 1. The Labute approximate surface area is 149 Å². The van der Waals surface area contributed by atoms with Gasteiger partial charge in [0.1, 0.15) is 5.67 Å². The zero-order valence-corrected chi connectivity index (χ0v) is 14.9. The van der Waals surface area contributed by atoms with Crippen LogP contribution in [-0.2, 0) is 11.2 Å². The van der Waals surface area contributed by atoms with Crippen molar-refractivity contribution in [3.8, 4) is 0 Å². The van der Waals surface area contributed by atoms with Crippen molar-refractivity contribution < 1.29 is 9.18 Å². The summed E-state index contributed by atoms with van der Waals surface area (Å²) in [6.07, 6.45) is 6.84. The van der Waals surface area contributed by atoms with Crippen molar-refractivity contribution in [2.45, 2.75) is 57.5 Å². The number of carbonyl (C=O) groups excluding carboxylic acids is 1. The Hall–Kier alpha value is -1.84. The number of rotatable bonds is 6. The van der Waals surface area contributed by atoms with E-state index in [-0.39, 0.29) is 24.0 Å². The van der Waals surface area contributed by atoms with Crippen LogP contribution in [0.4, 0.5) is 4.39 Å². The maximum Gasteiger partial charge on any atom is 0.199 e. The van der Waals surface area contributed by atoms with E-state index in [0.717, 1.165) is 25.7 Å². The smallest absolute Gasteiger partial charge is 0.199 e. The molecule has 0 amide bonds. The molecule has 1 N–H and O–H groups in total. The van der Waals surface area contributed by atoms with Crippen LogP contribution in [0.1, 0.15) is 51.0 Å². The van der Waals surface area contributed by atoms with E-state index in [1.54, 1.807) is 13.1 Å². The first-order chi connectivity index (χ1) is 11.9. The first kappa shape index (κ1) is 18.0. The second kappa shape index (κ2) is 7.59. The lowest BCUT2D eigenvalue weighted by molar-refractivity contribution is -0.114. The Morgan fingerprint density at radius 3 is 2.88 bits per heavy atom. The molecule has 2 saturated carbocycles. The van der Waals surface area contributed by atoms with Gasteiger partial charge in [0.15, 0.2) is 11.6 Å². The summed E-state index contributed by atoms with van der Waals surface area (Å²) in [4.78, 5) is 16.3. The molecule has 0 radical (unpaired) electrons. The van der Waals surface area contributed by atoms with Crippen molar-refractivity contribution in [2.24, 2.45) is 22.7 Å². The summed E-state index contributed by atoms with van der Waals surface area (Å²) < 4.78 is 14.1. The molecule has 0 saturated heterocycles. The van der Waals surface area contributed by atoms with Crippen LogP contribution in [0.25, 0.3) is 0 Å². The minimum atomic E-state index is -1.16. The first-order valence-corrected chi connectivity index (χ1v) is 9.32. The minimum Gasteiger partial charge on any atom is -0.291 e. The normalized spacial score (nSPS) is 31.8. The number of ketones is 1. The van der Waals surface area contributed by atoms with Gasteiger partial charge in [0, 0.05) is 12.6 Å². The Morgan fingerprint density at radius 1 is 1.40 bits per heavy atom. The number of nitrogens with zero attached hydrogens (tertiary/aromatic N) is 1. The van der Waals surface area contributed by atoms with Gasteiger partial charge in [-0.3, -0.25) is 10.2 Å². The van der Waals surface area contributed by atoms with Gasteiger partial charge in [0.05, 0.1) is 0 Å². The Kier molecular flexibility index (Phi) is 5.45. The highest BCUT2D eigenvalue weighted by molar-refractivity contribution is 6.39. The zero-order chi connectivity index (χ0) is 17.9. The summed E-state index contributed by atoms with van der Waals surface area (Å²) in [6.45, 7) is 1.62. The molecule has 1 aromatic rings. The standard InChI is InChI=1S/C21H27FN2O/c1-21(22)9-5-8-16(13-21)11-19(25)20(23)24-14-18-12-17(18)10-15-6-3-2-4-7-15/h2-4,6-7,14,16-18,23H,5,8-13H2,1H3/b23-20?,24-14+/t16?,17?,18?,21-/m1/s1. The van der Waals surface area contributed by atoms with Crippen molar-refractivity contribution in [3.05, 3.63) is 35.9 Å². The van der Waals surface area contributed by atoms with E-state index < -0.39 is 5.67 Å². The number of benzene rings is 1. The van der Waals surface area contributed by atoms with Gasteiger partial charge in [-0.1, -0.05) is 30.3 Å². The molecular weight excluding hydrogens is 315 g/mol. The average molecular weight is 342 g/mol. The third-order valence-electron chi connectivity index (χ3n) is 5.48. The molecule has 3 rings (SSSR count). The first-order valence-electron chi connectivity index (χ1n) is 9.32. The van der Waals surface area contributed by atoms with Crippen molar-refractivity contribution >= 4 is 17.8 Å². The molecular formula is C21H27FN2O. The number of Topliss-reactive ketones (excluding diaryl/α,β-unsaturated/α-hetero) is 1. The van der Waals surface area contributed by atoms with Crippen molar-refractivity contribution in [3.63, 3.8) is 0 Å². The Balaban J connectivity index is 1.43. The van der Waals surface area contributed by atoms with Crippen LogP contribution in [0.3, 0.4) is 0 Å². The largest absolute Gasteiger partial charge is 0.291 e. The highest BCUT2D eigenvalue weighted by Crippen LogP contribution is 2.40. The molecule has 25 heavy (non-hydrogen) atoms. The van der Waals surface area contributed by atoms with E-state index in [4.69, 9.17) is 5.41 Å². The molecule has 3 unspecified atom stereocenters. The number of hydrogen-bond acceptors (Lipinski definition) is 2. The number of hydrogen-bond donors (Lipinski definition) is 1. The van der Waals surface area contributed by atoms with Crippen LogP contribution >= 0.6 is 0 Å². The molecule has 134 valence electrons. The summed E-state index contributed by atoms with van der Waals surface area (Å²) in [5.74, 6) is 0.575. The lowest BCUT2D eigenvalue weighted by atomic mass is 9.78. The molecule has 2 aliphatic carbocycles. The summed E-state index contributed by atoms with van der Waals surface area (Å²) in [5, 5.41) is 7.88. The van der Waals surface area contributed by atoms with Crippen LogP contribution in [0, 0.1) is 23.2 Å². The summed E-state index contributed by atoms with van der Waals surface area (Å²) in [7, 11) is 0. The zero-order valence-electron chi connectivity index (χ0n) is 14.9. The van der Waals surface area contributed by atoms with Gasteiger partial charge in [0.2, 0.25) is 0 Å². The van der Waals surface area contributed by atoms with E-state index in [0.29, 0.717) is 24.7 Å². The third-order valence-corrected chi connectivity index (χ3v) is 5.48. The molecule has 0 bridgehead atoms. The fourth-order valence-electron chi connectivity index (χ4n) is 3.95. The van der Waals surface area contributed by atoms with Crippen molar-refractivity contribution in [1.82, 2.24) is 0 Å². The molecule has 0 spiro atoms. The molecule has 0 heterocycles. The maximum absolute atomic E-state index is 14.1. The molecule has 2 aliphatic rings. The minimum absolute atomic E-state index is 0.0542. The van der Waals surface area contributed by atoms with Gasteiger partial charge in [-0.25, -0.2) is 9.38 Å². The molecule has 2 fully saturated rings. The van der Waals surface area contributed by atoms with Crippen molar-refractivity contribution in [1.29, 1.82) is 5.41 Å². The average Bonchev–Trinajstić information content (AvgIpc) is 3.30. The highest BCUT2D eigenvalue weighted by Gasteiger charge is 2.36. The van der Waals surface area contributed by atoms with Crippen LogP contribution < -0.4 is 0 Å². The van der Waals surface area contributed by atoms with Crippen LogP contribution in [-0.4, -0.2) is 23.5 Å². The molecule has 1 aromatic carbocycles. The second-order valence-corrected chi connectivity index (χ2v) is 7.98. The number of alkyl halides is 1. The molecule has 0 aromatic heterocycles. The second-order valence-electron chi connectivity index (χ2n) is 7.98. The quantitative estimate of drug-likeness (QED) is 0.586. The SMILES string of the molecule is C[C@@]1(F)CCCC(CC(=O)C(=N)/N=C/C2CC2Cc2ccccc2)C1. The van der Waals surface area contributed by atoms with Crippen molar-refractivity contribution in [2.75, 3.05) is 0 Å². The molecule has 4 heteroatoms. The summed E-state index contributed by atoms with van der Waals surface area (Å²) in [6, 6.07) is 10.4. The molecule has 4 atom stereocenters. The van der Waals surface area contributed by atoms with Gasteiger partial charge in [-0.2, -0.15) is 0 Å². The number of carbonyl (C=O) groups is 1. The van der Waals surface area contributed by atoms with Gasteiger partial charge in [-0.05, 0) is 68.8 Å². The number of amidine groups is 1. The maximum atomic E-state index is 14.1. The number of aliphatic imine (C=N–C) groups is 1. The van der Waals surface area contributed by atoms with Gasteiger partial charge >= 0.3 is 0 Å². The monoisotopic (exact) mass is 342 g/mol. The Bertz CT molecular complexity index is 653. The lowest BCUT2D eigenvalue weighted by Gasteiger charge is -2.31. The van der Waals surface area contributed by atoms with E-state index in [1.807, 2.05) is 18.2 Å². The predicted octanol–water partition coefficient (Wildman–Crippen LogP) is 4.79. The van der Waals surface area contributed by atoms with Gasteiger partial charge in [0.25, 0.3) is 0 Å². The third kappa shape index (κ3) is 5.32. The Morgan fingerprint density at radius 2 is 2.16 bits per heavy atom. The fraction of sp³-hybridized carbons (Fsp3) is 0.571. The summed E-state index contributed by atoms with van der Waals surface area (Å²) >= 11 is 0. The fourth-order valence-corrected chi connectivity index (χ4v) is 3.95.